The van der Waals surface area contributed by atoms with E-state index in [1.807, 2.05) is 48.5 Å². The highest BCUT2D eigenvalue weighted by Gasteiger charge is 2.40. The first-order valence-corrected chi connectivity index (χ1v) is 11.4. The molecular formula is C26H21ClN3O5-. The van der Waals surface area contributed by atoms with Gasteiger partial charge in [-0.25, -0.2) is 0 Å². The summed E-state index contributed by atoms with van der Waals surface area (Å²) < 4.78 is 5.14. The number of hydrogen-bond donors (Lipinski definition) is 2. The summed E-state index contributed by atoms with van der Waals surface area (Å²) in [6.45, 7) is 0. The van der Waals surface area contributed by atoms with Crippen molar-refractivity contribution in [3.63, 3.8) is 0 Å². The Hall–Kier alpha value is -4.04. The molecule has 35 heavy (non-hydrogen) atoms. The number of fused-ring (bicyclic) bond motifs is 2. The van der Waals surface area contributed by atoms with Gasteiger partial charge < -0.3 is 20.5 Å². The van der Waals surface area contributed by atoms with Gasteiger partial charge in [-0.15, -0.1) is 0 Å². The van der Waals surface area contributed by atoms with Crippen LogP contribution in [0.15, 0.2) is 72.4 Å². The fourth-order valence-electron chi connectivity index (χ4n) is 4.83. The summed E-state index contributed by atoms with van der Waals surface area (Å²) >= 11 is 6.43. The van der Waals surface area contributed by atoms with Crippen LogP contribution >= 0.6 is 11.6 Å². The van der Waals surface area contributed by atoms with Gasteiger partial charge in [0.15, 0.2) is 0 Å². The molecule has 3 aromatic carbocycles. The third-order valence-corrected chi connectivity index (χ3v) is 6.82. The van der Waals surface area contributed by atoms with Crippen LogP contribution in [-0.4, -0.2) is 17.8 Å². The maximum absolute atomic E-state index is 13.7. The number of ketones is 1. The van der Waals surface area contributed by atoms with E-state index in [-0.39, 0.29) is 23.9 Å². The second-order valence-corrected chi connectivity index (χ2v) is 8.93. The van der Waals surface area contributed by atoms with Crippen molar-refractivity contribution in [2.45, 2.75) is 18.4 Å². The number of carbonyl (C=O) groups excluding carboxylic acids is 1. The van der Waals surface area contributed by atoms with E-state index in [1.54, 1.807) is 6.07 Å². The molecule has 0 bridgehead atoms. The minimum atomic E-state index is -0.807. The van der Waals surface area contributed by atoms with E-state index < -0.39 is 28.3 Å². The van der Waals surface area contributed by atoms with Crippen LogP contribution in [0.3, 0.4) is 0 Å². The topological polar surface area (TPSA) is 117 Å². The van der Waals surface area contributed by atoms with Gasteiger partial charge in [0.25, 0.3) is 5.69 Å². The lowest BCUT2D eigenvalue weighted by molar-refractivity contribution is -0.398. The highest BCUT2D eigenvalue weighted by Crippen LogP contribution is 2.47. The van der Waals surface area contributed by atoms with Crippen LogP contribution in [-0.2, 0) is 4.79 Å². The number of hydrogen-bond acceptors (Lipinski definition) is 7. The van der Waals surface area contributed by atoms with Crippen molar-refractivity contribution >= 4 is 34.4 Å². The molecule has 8 nitrogen and oxygen atoms in total. The fourth-order valence-corrected chi connectivity index (χ4v) is 5.11. The van der Waals surface area contributed by atoms with Crippen LogP contribution in [0.25, 0.3) is 0 Å². The Morgan fingerprint density at radius 1 is 1.09 bits per heavy atom. The van der Waals surface area contributed by atoms with E-state index in [2.05, 4.69) is 10.6 Å². The second-order valence-electron chi connectivity index (χ2n) is 8.52. The van der Waals surface area contributed by atoms with Crippen LogP contribution in [0.4, 0.5) is 17.1 Å². The van der Waals surface area contributed by atoms with Gasteiger partial charge >= 0.3 is 0 Å². The molecule has 1 aliphatic heterocycles. The molecule has 0 spiro atoms. The van der Waals surface area contributed by atoms with Gasteiger partial charge in [-0.05, 0) is 35.4 Å². The first-order chi connectivity index (χ1) is 16.9. The third-order valence-electron chi connectivity index (χ3n) is 6.47. The molecule has 9 heteroatoms. The molecule has 1 heterocycles. The average Bonchev–Trinajstić information content (AvgIpc) is 3.01. The number of nitro benzene ring substituents is 1. The number of anilines is 2. The maximum atomic E-state index is 13.7. The maximum Gasteiger partial charge on any atom is 0.265 e. The molecule has 3 aromatic rings. The van der Waals surface area contributed by atoms with Crippen molar-refractivity contribution in [2.24, 2.45) is 5.92 Å². The lowest BCUT2D eigenvalue weighted by Gasteiger charge is -2.33. The van der Waals surface area contributed by atoms with Gasteiger partial charge in [-0.2, -0.15) is 0 Å². The van der Waals surface area contributed by atoms with Crippen LogP contribution in [0.1, 0.15) is 29.5 Å². The monoisotopic (exact) mass is 490 g/mol. The van der Waals surface area contributed by atoms with Crippen LogP contribution in [0.2, 0.25) is 5.02 Å². The van der Waals surface area contributed by atoms with Crippen LogP contribution < -0.4 is 20.5 Å². The van der Waals surface area contributed by atoms with Crippen molar-refractivity contribution < 1.29 is 19.6 Å². The van der Waals surface area contributed by atoms with E-state index in [0.29, 0.717) is 16.3 Å². The number of nitrogens with one attached hydrogen (secondary N) is 2. The number of carbonyl (C=O) groups is 1. The molecule has 0 amide bonds. The molecule has 2 N–H and O–H groups in total. The number of halogens is 1. The number of allylic oxidation sites excluding steroid dienone is 1. The number of Topliss-reactive ketones (excluding diaryl/α,β-unsaturated/α-hetero) is 1. The molecule has 1 aliphatic carbocycles. The standard InChI is InChI=1S/C26H22ClN3O5/c1-35-23-13-15(11-21(26(23)32)30(33)34)25-24-20(28-18-8-4-5-9-19(18)29-25)10-14(12-22(24)31)16-6-2-3-7-17(16)27/h2-11,13-14,24-25,28-29,32H,12H2,1H3/p-1. The molecule has 2 aliphatic rings. The minimum Gasteiger partial charge on any atom is -0.865 e. The predicted molar refractivity (Wildman–Crippen MR) is 131 cm³/mol. The van der Waals surface area contributed by atoms with Crippen LogP contribution in [0, 0.1) is 16.0 Å². The Balaban J connectivity index is 1.68. The summed E-state index contributed by atoms with van der Waals surface area (Å²) in [5.41, 5.74) is 2.82. The van der Waals surface area contributed by atoms with Crippen molar-refractivity contribution in [3.05, 3.63) is 98.7 Å². The highest BCUT2D eigenvalue weighted by molar-refractivity contribution is 6.31. The predicted octanol–water partition coefficient (Wildman–Crippen LogP) is 5.17. The van der Waals surface area contributed by atoms with Crippen molar-refractivity contribution in [2.75, 3.05) is 17.7 Å². The fraction of sp³-hybridized carbons (Fsp3) is 0.192. The number of para-hydroxylation sites is 2. The number of methoxy groups -OCH3 is 1. The number of nitrogens with zero attached hydrogens (tertiary/aromatic N) is 1. The largest absolute Gasteiger partial charge is 0.865 e. The van der Waals surface area contributed by atoms with E-state index in [9.17, 15) is 20.0 Å². The van der Waals surface area contributed by atoms with Gasteiger partial charge in [-0.3, -0.25) is 14.9 Å². The molecule has 3 atom stereocenters. The lowest BCUT2D eigenvalue weighted by atomic mass is 9.76. The van der Waals surface area contributed by atoms with Gasteiger partial charge in [0, 0.05) is 34.9 Å². The minimum absolute atomic E-state index is 0.0574. The Kier molecular flexibility index (Phi) is 5.82. The molecular weight excluding hydrogens is 470 g/mol. The number of benzene rings is 3. The Morgan fingerprint density at radius 2 is 1.80 bits per heavy atom. The second kappa shape index (κ2) is 8.96. The van der Waals surface area contributed by atoms with Crippen molar-refractivity contribution in [1.29, 1.82) is 0 Å². The van der Waals surface area contributed by atoms with Gasteiger partial charge in [0.2, 0.25) is 0 Å². The molecule has 3 unspecified atom stereocenters. The van der Waals surface area contributed by atoms with Crippen LogP contribution in [0.5, 0.6) is 11.5 Å². The Labute approximate surface area is 206 Å². The number of nitro groups is 1. The first kappa shape index (κ1) is 22.7. The summed E-state index contributed by atoms with van der Waals surface area (Å²) in [6, 6.07) is 16.9. The first-order valence-electron chi connectivity index (χ1n) is 11.0. The number of ether oxygens (including phenoxy) is 1. The molecule has 0 saturated carbocycles. The summed E-state index contributed by atoms with van der Waals surface area (Å²) in [6.07, 6.45) is 2.21. The third kappa shape index (κ3) is 4.06. The summed E-state index contributed by atoms with van der Waals surface area (Å²) in [4.78, 5) is 24.5. The zero-order valence-corrected chi connectivity index (χ0v) is 19.4. The normalized spacial score (nSPS) is 20.9. The smallest absolute Gasteiger partial charge is 0.265 e. The van der Waals surface area contributed by atoms with Crippen molar-refractivity contribution in [3.8, 4) is 11.5 Å². The molecule has 0 saturated heterocycles. The zero-order chi connectivity index (χ0) is 24.7. The lowest BCUT2D eigenvalue weighted by Crippen LogP contribution is -2.34. The van der Waals surface area contributed by atoms with Gasteiger partial charge in [-0.1, -0.05) is 48.0 Å². The number of rotatable bonds is 4. The Morgan fingerprint density at radius 3 is 2.51 bits per heavy atom. The molecule has 178 valence electrons. The molecule has 5 rings (SSSR count). The summed E-state index contributed by atoms with van der Waals surface area (Å²) in [5.74, 6) is -1.92. The van der Waals surface area contributed by atoms with E-state index in [1.165, 1.54) is 19.2 Å². The SMILES string of the molecule is COc1cc(C2Nc3ccccc3NC3=CC(c4ccccc4Cl)CC(=O)C32)cc([N+](=O)[O-])c1[O-]. The molecule has 0 radical (unpaired) electrons. The Bertz CT molecular complexity index is 1370. The summed E-state index contributed by atoms with van der Waals surface area (Å²) in [7, 11) is 1.28. The summed E-state index contributed by atoms with van der Waals surface area (Å²) in [5, 5.41) is 31.4. The molecule has 0 aromatic heterocycles. The average molecular weight is 491 g/mol. The van der Waals surface area contributed by atoms with E-state index in [4.69, 9.17) is 16.3 Å². The van der Waals surface area contributed by atoms with E-state index >= 15 is 0 Å². The van der Waals surface area contributed by atoms with E-state index in [0.717, 1.165) is 16.9 Å². The molecule has 0 fully saturated rings. The zero-order valence-electron chi connectivity index (χ0n) is 18.7. The highest BCUT2D eigenvalue weighted by atomic mass is 35.5. The van der Waals surface area contributed by atoms with Gasteiger partial charge in [0.05, 0.1) is 35.4 Å². The van der Waals surface area contributed by atoms with Crippen molar-refractivity contribution in [1.82, 2.24) is 0 Å². The van der Waals surface area contributed by atoms with Gasteiger partial charge in [0.1, 0.15) is 11.5 Å². The quantitative estimate of drug-likeness (QED) is 0.383.